The summed E-state index contributed by atoms with van der Waals surface area (Å²) in [5.74, 6) is 5.83. The molecule has 89 heavy (non-hydrogen) atoms. The number of likely N-dealkylation sites (N-methyl/N-ethyl adjacent to an activating group) is 1. The average Bonchev–Trinajstić information content (AvgIpc) is 1.61. The maximum Gasteiger partial charge on any atom is 0.331 e. The first-order valence-electron chi connectivity index (χ1n) is 35.8. The number of fused-ring (bicyclic) bond motifs is 2. The van der Waals surface area contributed by atoms with E-state index in [4.69, 9.17) is 4.74 Å². The van der Waals surface area contributed by atoms with Crippen molar-refractivity contribution in [2.24, 2.45) is 98.6 Å². The number of esters is 1. The van der Waals surface area contributed by atoms with E-state index in [-0.39, 0.29) is 73.3 Å². The highest BCUT2D eigenvalue weighted by Gasteiger charge is 2.88. The maximum absolute atomic E-state index is 15.9. The Balaban J connectivity index is 0.909. The van der Waals surface area contributed by atoms with Crippen LogP contribution < -0.4 is 5.32 Å². The monoisotopic (exact) mass is 1200 g/mol. The Hall–Kier alpha value is -4.44. The molecule has 10 saturated carbocycles. The lowest BCUT2D eigenvalue weighted by Crippen LogP contribution is -2.86. The van der Waals surface area contributed by atoms with E-state index in [0.29, 0.717) is 62.2 Å². The molecule has 0 radical (unpaired) electrons. The van der Waals surface area contributed by atoms with E-state index >= 15 is 20.1 Å². The summed E-state index contributed by atoms with van der Waals surface area (Å²) in [4.78, 5) is 30.3. The summed E-state index contributed by atoms with van der Waals surface area (Å²) in [5, 5.41) is 89.6. The molecule has 17 aliphatic carbocycles. The van der Waals surface area contributed by atoms with Crippen LogP contribution in [-0.2, 0) is 33.8 Å². The molecule has 25 atom stereocenters. The number of hydrogen-bond donors (Lipinski definition) is 7. The van der Waals surface area contributed by atoms with Gasteiger partial charge in [-0.25, -0.2) is 4.79 Å². The fourth-order valence-electron chi connectivity index (χ4n) is 26.9. The Labute approximate surface area is 527 Å². The minimum Gasteiger partial charge on any atom is -0.454 e. The molecule has 3 spiro atoms. The maximum atomic E-state index is 15.9. The van der Waals surface area contributed by atoms with Gasteiger partial charge in [0.05, 0.1) is 29.8 Å². The highest BCUT2D eigenvalue weighted by atomic mass is 16.5. The molecule has 3 aromatic rings. The molecule has 10 heteroatoms. The van der Waals surface area contributed by atoms with Crippen molar-refractivity contribution in [1.29, 1.82) is 0 Å². The Bertz CT molecular complexity index is 3480. The number of rotatable bonds is 5. The average molecular weight is 1200 g/mol. The molecule has 0 saturated heterocycles. The lowest BCUT2D eigenvalue weighted by Gasteiger charge is -2.75. The first-order chi connectivity index (χ1) is 43.1. The van der Waals surface area contributed by atoms with E-state index in [1.165, 1.54) is 35.1 Å². The predicted octanol–water partition coefficient (Wildman–Crippen LogP) is 11.4. The number of aliphatic hydroxyl groups excluding tert-OH is 3. The van der Waals surface area contributed by atoms with Gasteiger partial charge in [0.15, 0.2) is 0 Å². The van der Waals surface area contributed by atoms with Crippen LogP contribution in [0.15, 0.2) is 90.5 Å². The summed E-state index contributed by atoms with van der Waals surface area (Å²) in [6.45, 7) is 2.17. The van der Waals surface area contributed by atoms with Crippen LogP contribution in [0.4, 0.5) is 0 Å². The molecular formula is C79H97NO9. The van der Waals surface area contributed by atoms with Gasteiger partial charge in [0.2, 0.25) is 0 Å². The van der Waals surface area contributed by atoms with Gasteiger partial charge in [-0.1, -0.05) is 117 Å². The van der Waals surface area contributed by atoms with Gasteiger partial charge < -0.3 is 45.5 Å². The van der Waals surface area contributed by atoms with Crippen LogP contribution in [0.2, 0.25) is 0 Å². The summed E-state index contributed by atoms with van der Waals surface area (Å²) in [5.41, 5.74) is -1.53. The van der Waals surface area contributed by atoms with Gasteiger partial charge in [-0.05, 0) is 240 Å². The molecule has 1 heterocycles. The Morgan fingerprint density at radius 3 is 2.35 bits per heavy atom. The van der Waals surface area contributed by atoms with Crippen molar-refractivity contribution in [1.82, 2.24) is 5.32 Å². The molecule has 1 aliphatic heterocycles. The van der Waals surface area contributed by atoms with Crippen LogP contribution in [0.5, 0.6) is 0 Å². The summed E-state index contributed by atoms with van der Waals surface area (Å²) in [6.07, 6.45) is 22.0. The minimum atomic E-state index is -2.29. The number of carbonyl (C=O) groups excluding carboxylic acids is 2. The number of carbonyl (C=O) groups is 2. The second-order valence-electron chi connectivity index (χ2n) is 33.0. The predicted molar refractivity (Wildman–Crippen MR) is 339 cm³/mol. The SMILES string of the molecule is CCC1c2cccc(c2)CC2CCC3(C#Cc4cccc(CO)c4CC(NC)C4CC5CC6(O)C(CCC7C8(C=O)CC9(CCC%10CC(CCC%109)c9cccc1c9)C(O)C1CC9C=CCC(C%10CCCC%10)C9CC(C(O)C76O)C18O)(C3)C5C1=CC(=O)OC14)C2. The van der Waals surface area contributed by atoms with Gasteiger partial charge in [0.25, 0.3) is 0 Å². The summed E-state index contributed by atoms with van der Waals surface area (Å²) < 4.78 is 6.60. The van der Waals surface area contributed by atoms with Gasteiger partial charge >= 0.3 is 5.97 Å². The minimum absolute atomic E-state index is 0.01000. The molecule has 17 bridgehead atoms. The number of allylic oxidation sites excluding steroid dienone is 2. The largest absolute Gasteiger partial charge is 0.454 e. The topological polar surface area (TPSA) is 177 Å². The van der Waals surface area contributed by atoms with Crippen LogP contribution in [0, 0.1) is 110 Å². The molecule has 7 N–H and O–H groups in total. The molecule has 18 aliphatic rings. The van der Waals surface area contributed by atoms with E-state index in [9.17, 15) is 20.1 Å². The second-order valence-corrected chi connectivity index (χ2v) is 33.0. The molecule has 10 nitrogen and oxygen atoms in total. The highest BCUT2D eigenvalue weighted by molar-refractivity contribution is 5.86. The molecule has 21 rings (SSSR count). The molecule has 25 unspecified atom stereocenters. The zero-order valence-electron chi connectivity index (χ0n) is 52.7. The van der Waals surface area contributed by atoms with Crippen LogP contribution in [0.25, 0.3) is 0 Å². The third-order valence-corrected chi connectivity index (χ3v) is 30.1. The summed E-state index contributed by atoms with van der Waals surface area (Å²) >= 11 is 0. The lowest BCUT2D eigenvalue weighted by molar-refractivity contribution is -0.386. The van der Waals surface area contributed by atoms with E-state index in [1.54, 1.807) is 6.08 Å². The van der Waals surface area contributed by atoms with E-state index < -0.39 is 86.4 Å². The van der Waals surface area contributed by atoms with Crippen LogP contribution in [0.3, 0.4) is 0 Å². The third kappa shape index (κ3) is 7.88. The Morgan fingerprint density at radius 1 is 0.742 bits per heavy atom. The highest BCUT2D eigenvalue weighted by Crippen LogP contribution is 2.81. The van der Waals surface area contributed by atoms with Gasteiger partial charge in [-0.15, -0.1) is 0 Å². The number of aliphatic hydroxyl groups is 6. The summed E-state index contributed by atoms with van der Waals surface area (Å²) in [7, 11) is 1.96. The number of hydrogen-bond acceptors (Lipinski definition) is 10. The first kappa shape index (κ1) is 58.4. The van der Waals surface area contributed by atoms with Crippen molar-refractivity contribution in [3.63, 3.8) is 0 Å². The molecule has 472 valence electrons. The van der Waals surface area contributed by atoms with E-state index in [1.807, 2.05) is 19.2 Å². The number of aldehydes is 1. The smallest absolute Gasteiger partial charge is 0.331 e. The Kier molecular flexibility index (Phi) is 13.6. The van der Waals surface area contributed by atoms with Gasteiger partial charge in [0, 0.05) is 63.5 Å². The quantitative estimate of drug-likeness (QED) is 0.0563. The van der Waals surface area contributed by atoms with Crippen molar-refractivity contribution in [2.75, 3.05) is 7.05 Å². The van der Waals surface area contributed by atoms with Gasteiger partial charge in [0.1, 0.15) is 23.6 Å². The number of nitrogens with one attached hydrogen (secondary N) is 1. The van der Waals surface area contributed by atoms with E-state index in [0.717, 1.165) is 112 Å². The van der Waals surface area contributed by atoms with E-state index in [2.05, 4.69) is 90.8 Å². The molecule has 0 aromatic heterocycles. The van der Waals surface area contributed by atoms with Crippen LogP contribution in [0.1, 0.15) is 199 Å². The van der Waals surface area contributed by atoms with Crippen molar-refractivity contribution >= 4 is 12.3 Å². The standard InChI is InChI=1S/C79H97NO9/c1-3-57-51-15-6-10-45(31-51)30-46-22-26-73(39-46)27-23-48-13-7-18-55(41-81)59(48)37-66(80-2)61-34-56-40-77(86)75(42-73,69(56)62-38-68(83)89-70(61)62)29-25-67-76(44-82)43-74(28-24-54-33-50(20-21-63(54)74)49-14-8-16-52(57)32-49)71(84)64-35-53-17-9-19-58(47-11-4-5-12-47)60(53)36-65(78(64,76)87)72(85)79(67,77)88/h6-10,13-18,31-32,38,44,46-47,50,53-54,56-58,60-61,63-67,69-72,80-81,84-88H,3-5,11-12,19-22,24-26,28-30,33-37,39-43H2,1-2H3. The van der Waals surface area contributed by atoms with Gasteiger partial charge in [-0.2, -0.15) is 0 Å². The normalized spacial score (nSPS) is 48.7. The van der Waals surface area contributed by atoms with Gasteiger partial charge in [-0.3, -0.25) is 0 Å². The van der Waals surface area contributed by atoms with Crippen molar-refractivity contribution in [2.45, 2.75) is 221 Å². The number of benzene rings is 3. The lowest BCUT2D eigenvalue weighted by atomic mass is 9.32. The fourth-order valence-corrected chi connectivity index (χ4v) is 26.9. The zero-order valence-corrected chi connectivity index (χ0v) is 52.7. The third-order valence-electron chi connectivity index (χ3n) is 30.1. The molecule has 3 aromatic carbocycles. The summed E-state index contributed by atoms with van der Waals surface area (Å²) in [6, 6.07) is 24.6. The molecular weight excluding hydrogens is 1110 g/mol. The van der Waals surface area contributed by atoms with Crippen molar-refractivity contribution in [3.8, 4) is 11.8 Å². The van der Waals surface area contributed by atoms with Crippen LogP contribution in [-0.4, -0.2) is 91.1 Å². The Morgan fingerprint density at radius 2 is 1.54 bits per heavy atom. The van der Waals surface area contributed by atoms with Crippen molar-refractivity contribution in [3.05, 3.63) is 129 Å². The van der Waals surface area contributed by atoms with Crippen LogP contribution >= 0.6 is 0 Å². The first-order valence-corrected chi connectivity index (χ1v) is 35.8. The fraction of sp³-hybridized carbons (Fsp3) is 0.671. The zero-order chi connectivity index (χ0) is 60.8. The molecule has 0 amide bonds. The second kappa shape index (κ2) is 20.8. The molecule has 10 fully saturated rings. The van der Waals surface area contributed by atoms with Crippen molar-refractivity contribution < 1.29 is 45.0 Å². The number of ether oxygens (including phenoxy) is 1.